The number of ketones is 2. The standard InChI is InChI=1S/C19H20N2O5/c1-10-17(12(3)22)11(2)20-18(10)16(24)9-26-19(25)14-6-5-7-15(8-14)21-13(4)23/h5-8,20H,9H2,1-4H3,(H,21,23). The Morgan fingerprint density at radius 1 is 1.12 bits per heavy atom. The highest BCUT2D eigenvalue weighted by molar-refractivity contribution is 6.04. The molecule has 0 unspecified atom stereocenters. The number of aromatic amines is 1. The first-order valence-electron chi connectivity index (χ1n) is 7.98. The summed E-state index contributed by atoms with van der Waals surface area (Å²) in [6.45, 7) is 5.72. The van der Waals surface area contributed by atoms with Crippen LogP contribution in [0.1, 0.15) is 56.3 Å². The van der Waals surface area contributed by atoms with Gasteiger partial charge in [-0.2, -0.15) is 0 Å². The van der Waals surface area contributed by atoms with Crippen LogP contribution in [0.4, 0.5) is 5.69 Å². The second-order valence-electron chi connectivity index (χ2n) is 5.94. The van der Waals surface area contributed by atoms with Crippen LogP contribution in [-0.2, 0) is 9.53 Å². The van der Waals surface area contributed by atoms with E-state index in [4.69, 9.17) is 4.74 Å². The Bertz CT molecular complexity index is 895. The van der Waals surface area contributed by atoms with Crippen molar-refractivity contribution in [3.63, 3.8) is 0 Å². The van der Waals surface area contributed by atoms with Crippen molar-refractivity contribution in [2.45, 2.75) is 27.7 Å². The Morgan fingerprint density at radius 2 is 1.81 bits per heavy atom. The molecule has 0 aliphatic carbocycles. The van der Waals surface area contributed by atoms with Gasteiger partial charge in [-0.1, -0.05) is 6.07 Å². The van der Waals surface area contributed by atoms with E-state index in [1.54, 1.807) is 26.0 Å². The summed E-state index contributed by atoms with van der Waals surface area (Å²) in [4.78, 5) is 50.0. The molecule has 0 fully saturated rings. The van der Waals surface area contributed by atoms with E-state index in [0.717, 1.165) is 0 Å². The fourth-order valence-electron chi connectivity index (χ4n) is 2.77. The average molecular weight is 356 g/mol. The van der Waals surface area contributed by atoms with Gasteiger partial charge in [0.1, 0.15) is 0 Å². The van der Waals surface area contributed by atoms with E-state index >= 15 is 0 Å². The van der Waals surface area contributed by atoms with Crippen molar-refractivity contribution in [2.75, 3.05) is 11.9 Å². The molecule has 26 heavy (non-hydrogen) atoms. The van der Waals surface area contributed by atoms with E-state index in [9.17, 15) is 19.2 Å². The molecule has 7 heteroatoms. The van der Waals surface area contributed by atoms with Crippen LogP contribution in [0.25, 0.3) is 0 Å². The Morgan fingerprint density at radius 3 is 2.38 bits per heavy atom. The smallest absolute Gasteiger partial charge is 0.338 e. The van der Waals surface area contributed by atoms with E-state index in [2.05, 4.69) is 10.3 Å². The number of ether oxygens (including phenoxy) is 1. The number of carbonyl (C=O) groups excluding carboxylic acids is 4. The molecule has 0 radical (unpaired) electrons. The van der Waals surface area contributed by atoms with Crippen LogP contribution in [-0.4, -0.2) is 35.0 Å². The zero-order chi connectivity index (χ0) is 19.4. The van der Waals surface area contributed by atoms with Crippen LogP contribution in [0, 0.1) is 13.8 Å². The Balaban J connectivity index is 2.08. The van der Waals surface area contributed by atoms with Crippen LogP contribution >= 0.6 is 0 Å². The molecule has 0 aliphatic heterocycles. The summed E-state index contributed by atoms with van der Waals surface area (Å²) in [5.74, 6) is -1.51. The van der Waals surface area contributed by atoms with Crippen LogP contribution in [0.5, 0.6) is 0 Å². The van der Waals surface area contributed by atoms with Gasteiger partial charge in [0.2, 0.25) is 11.7 Å². The molecule has 1 amide bonds. The summed E-state index contributed by atoms with van der Waals surface area (Å²) >= 11 is 0. The molecule has 0 saturated carbocycles. The maximum atomic E-state index is 12.3. The van der Waals surface area contributed by atoms with Crippen LogP contribution in [0.2, 0.25) is 0 Å². The van der Waals surface area contributed by atoms with Gasteiger partial charge in [0, 0.05) is 23.9 Å². The van der Waals surface area contributed by atoms with Crippen LogP contribution in [0.3, 0.4) is 0 Å². The van der Waals surface area contributed by atoms with Gasteiger partial charge in [0.05, 0.1) is 11.3 Å². The van der Waals surface area contributed by atoms with Gasteiger partial charge < -0.3 is 15.0 Å². The molecular weight excluding hydrogens is 336 g/mol. The molecule has 7 nitrogen and oxygen atoms in total. The summed E-state index contributed by atoms with van der Waals surface area (Å²) in [6.07, 6.45) is 0. The molecular formula is C19H20N2O5. The van der Waals surface area contributed by atoms with Crippen molar-refractivity contribution >= 4 is 29.1 Å². The molecule has 2 aromatic rings. The summed E-state index contributed by atoms with van der Waals surface area (Å²) < 4.78 is 5.06. The summed E-state index contributed by atoms with van der Waals surface area (Å²) in [5, 5.41) is 2.57. The number of Topliss-reactive ketones (excluding diaryl/α,β-unsaturated/α-hetero) is 2. The molecule has 0 bridgehead atoms. The number of nitrogens with one attached hydrogen (secondary N) is 2. The number of esters is 1. The third-order valence-corrected chi connectivity index (χ3v) is 3.82. The zero-order valence-electron chi connectivity index (χ0n) is 15.1. The van der Waals surface area contributed by atoms with Gasteiger partial charge in [-0.3, -0.25) is 14.4 Å². The van der Waals surface area contributed by atoms with Crippen molar-refractivity contribution in [3.05, 3.63) is 52.3 Å². The first-order chi connectivity index (χ1) is 12.2. The minimum Gasteiger partial charge on any atom is -0.454 e. The largest absolute Gasteiger partial charge is 0.454 e. The highest BCUT2D eigenvalue weighted by Crippen LogP contribution is 2.19. The number of hydrogen-bond donors (Lipinski definition) is 2. The van der Waals surface area contributed by atoms with Gasteiger partial charge >= 0.3 is 5.97 Å². The molecule has 1 aromatic heterocycles. The highest BCUT2D eigenvalue weighted by Gasteiger charge is 2.21. The van der Waals surface area contributed by atoms with Crippen molar-refractivity contribution in [1.29, 1.82) is 0 Å². The predicted molar refractivity (Wildman–Crippen MR) is 95.6 cm³/mol. The number of amides is 1. The first kappa shape index (κ1) is 19.1. The zero-order valence-corrected chi connectivity index (χ0v) is 15.1. The number of H-pyrrole nitrogens is 1. The van der Waals surface area contributed by atoms with Crippen molar-refractivity contribution < 1.29 is 23.9 Å². The molecule has 0 aliphatic rings. The van der Waals surface area contributed by atoms with E-state index in [1.165, 1.54) is 26.0 Å². The summed E-state index contributed by atoms with van der Waals surface area (Å²) in [7, 11) is 0. The van der Waals surface area contributed by atoms with Gasteiger partial charge in [0.25, 0.3) is 0 Å². The van der Waals surface area contributed by atoms with Crippen molar-refractivity contribution in [2.24, 2.45) is 0 Å². The number of rotatable bonds is 6. The lowest BCUT2D eigenvalue weighted by atomic mass is 10.1. The molecule has 0 spiro atoms. The number of benzene rings is 1. The van der Waals surface area contributed by atoms with Crippen molar-refractivity contribution in [1.82, 2.24) is 4.98 Å². The monoisotopic (exact) mass is 356 g/mol. The highest BCUT2D eigenvalue weighted by atomic mass is 16.5. The fraction of sp³-hybridized carbons (Fsp3) is 0.263. The van der Waals surface area contributed by atoms with E-state index in [1.807, 2.05) is 0 Å². The van der Waals surface area contributed by atoms with Gasteiger partial charge in [-0.05, 0) is 44.5 Å². The molecule has 0 atom stereocenters. The number of anilines is 1. The minimum absolute atomic E-state index is 0.137. The molecule has 2 rings (SSSR count). The quantitative estimate of drug-likeness (QED) is 0.611. The SMILES string of the molecule is CC(=O)Nc1cccc(C(=O)OCC(=O)c2[nH]c(C)c(C(C)=O)c2C)c1. The van der Waals surface area contributed by atoms with E-state index in [0.29, 0.717) is 22.5 Å². The van der Waals surface area contributed by atoms with E-state index in [-0.39, 0.29) is 22.9 Å². The first-order valence-corrected chi connectivity index (χ1v) is 7.98. The van der Waals surface area contributed by atoms with Crippen LogP contribution in [0.15, 0.2) is 24.3 Å². The Kier molecular flexibility index (Phi) is 5.71. The number of aryl methyl sites for hydroxylation is 1. The van der Waals surface area contributed by atoms with Crippen molar-refractivity contribution in [3.8, 4) is 0 Å². The van der Waals surface area contributed by atoms with Gasteiger partial charge in [-0.15, -0.1) is 0 Å². The Hall–Kier alpha value is -3.22. The third kappa shape index (κ3) is 4.24. The topological polar surface area (TPSA) is 105 Å². The predicted octanol–water partition coefficient (Wildman–Crippen LogP) is 2.83. The van der Waals surface area contributed by atoms with Crippen LogP contribution < -0.4 is 5.32 Å². The third-order valence-electron chi connectivity index (χ3n) is 3.82. The molecule has 0 saturated heterocycles. The van der Waals surface area contributed by atoms with E-state index < -0.39 is 18.4 Å². The average Bonchev–Trinajstić information content (AvgIpc) is 2.86. The molecule has 2 N–H and O–H groups in total. The number of aromatic nitrogens is 1. The lowest BCUT2D eigenvalue weighted by Crippen LogP contribution is -2.16. The second-order valence-corrected chi connectivity index (χ2v) is 5.94. The molecule has 136 valence electrons. The minimum atomic E-state index is -0.682. The summed E-state index contributed by atoms with van der Waals surface area (Å²) in [5.41, 5.74) is 2.56. The molecule has 1 aromatic carbocycles. The number of carbonyl (C=O) groups is 4. The molecule has 1 heterocycles. The fourth-order valence-corrected chi connectivity index (χ4v) is 2.77. The second kappa shape index (κ2) is 7.77. The maximum Gasteiger partial charge on any atom is 0.338 e. The summed E-state index contributed by atoms with van der Waals surface area (Å²) in [6, 6.07) is 6.22. The van der Waals surface area contributed by atoms with Gasteiger partial charge in [0.15, 0.2) is 12.4 Å². The van der Waals surface area contributed by atoms with Gasteiger partial charge in [-0.25, -0.2) is 4.79 Å². The lowest BCUT2D eigenvalue weighted by molar-refractivity contribution is -0.114. The lowest BCUT2D eigenvalue weighted by Gasteiger charge is -2.07. The maximum absolute atomic E-state index is 12.3. The normalized spacial score (nSPS) is 10.3. The number of hydrogen-bond acceptors (Lipinski definition) is 5. The Labute approximate surface area is 150 Å².